The quantitative estimate of drug-likeness (QED) is 0.427. The number of hydrogen-bond acceptors (Lipinski definition) is 4. The van der Waals surface area contributed by atoms with Crippen LogP contribution < -0.4 is 10.1 Å². The zero-order chi connectivity index (χ0) is 20.4. The van der Waals surface area contributed by atoms with E-state index in [0.29, 0.717) is 22.2 Å². The molecular weight excluding hydrogens is 366 g/mol. The van der Waals surface area contributed by atoms with Crippen LogP contribution in [-0.4, -0.2) is 16.1 Å². The molecule has 0 bridgehead atoms. The van der Waals surface area contributed by atoms with Crippen LogP contribution in [0.25, 0.3) is 10.8 Å². The third kappa shape index (κ3) is 3.99. The molecular formula is C24H19NO4. The van der Waals surface area contributed by atoms with Gasteiger partial charge in [0.2, 0.25) is 0 Å². The molecule has 0 unspecified atom stereocenters. The summed E-state index contributed by atoms with van der Waals surface area (Å²) in [5.74, 6) is 0.789. The van der Waals surface area contributed by atoms with Crippen LogP contribution in [0.5, 0.6) is 23.0 Å². The molecule has 0 saturated heterocycles. The summed E-state index contributed by atoms with van der Waals surface area (Å²) in [6.07, 6.45) is 0. The zero-order valence-corrected chi connectivity index (χ0v) is 15.7. The number of carbonyl (C=O) groups excluding carboxylic acids is 1. The Kier molecular flexibility index (Phi) is 4.79. The summed E-state index contributed by atoms with van der Waals surface area (Å²) in [4.78, 5) is 12.6. The van der Waals surface area contributed by atoms with Gasteiger partial charge in [-0.25, -0.2) is 0 Å². The lowest BCUT2D eigenvalue weighted by Crippen LogP contribution is -2.12. The van der Waals surface area contributed by atoms with Gasteiger partial charge in [-0.2, -0.15) is 0 Å². The Balaban J connectivity index is 1.50. The number of amides is 1. The second kappa shape index (κ2) is 7.56. The molecule has 5 nitrogen and oxygen atoms in total. The third-order valence-corrected chi connectivity index (χ3v) is 4.59. The minimum absolute atomic E-state index is 0.0499. The van der Waals surface area contributed by atoms with Gasteiger partial charge in [-0.3, -0.25) is 4.79 Å². The van der Waals surface area contributed by atoms with Crippen LogP contribution >= 0.6 is 0 Å². The number of nitrogens with one attached hydrogen (secondary N) is 1. The lowest BCUT2D eigenvalue weighted by atomic mass is 10.0. The molecule has 0 saturated carbocycles. The lowest BCUT2D eigenvalue weighted by molar-refractivity contribution is 0.102. The molecule has 0 aliphatic heterocycles. The zero-order valence-electron chi connectivity index (χ0n) is 15.7. The Labute approximate surface area is 167 Å². The van der Waals surface area contributed by atoms with E-state index in [1.54, 1.807) is 42.5 Å². The van der Waals surface area contributed by atoms with E-state index in [9.17, 15) is 15.0 Å². The monoisotopic (exact) mass is 385 g/mol. The minimum atomic E-state index is -0.444. The van der Waals surface area contributed by atoms with Crippen LogP contribution in [0.3, 0.4) is 0 Å². The van der Waals surface area contributed by atoms with E-state index in [-0.39, 0.29) is 17.1 Å². The number of fused-ring (bicyclic) bond motifs is 1. The predicted octanol–water partition coefficient (Wildman–Crippen LogP) is 5.60. The number of phenols is 2. The molecule has 0 spiro atoms. The van der Waals surface area contributed by atoms with Crippen molar-refractivity contribution in [2.45, 2.75) is 6.92 Å². The Hall–Kier alpha value is -3.99. The van der Waals surface area contributed by atoms with Gasteiger partial charge in [-0.15, -0.1) is 0 Å². The highest BCUT2D eigenvalue weighted by Crippen LogP contribution is 2.31. The molecule has 0 aliphatic rings. The van der Waals surface area contributed by atoms with Crippen LogP contribution in [0.2, 0.25) is 0 Å². The van der Waals surface area contributed by atoms with Crippen molar-refractivity contribution in [1.29, 1.82) is 0 Å². The SMILES string of the molecule is Cc1ccc(Oc2ccc(NC(=O)c3cc4cccc(O)c4cc3O)cc2)cc1. The summed E-state index contributed by atoms with van der Waals surface area (Å²) < 4.78 is 5.78. The first-order chi connectivity index (χ1) is 14.0. The number of rotatable bonds is 4. The average Bonchev–Trinajstić information content (AvgIpc) is 2.71. The van der Waals surface area contributed by atoms with Gasteiger partial charge in [0.05, 0.1) is 5.56 Å². The highest BCUT2D eigenvalue weighted by Gasteiger charge is 2.14. The second-order valence-corrected chi connectivity index (χ2v) is 6.76. The maximum Gasteiger partial charge on any atom is 0.259 e. The topological polar surface area (TPSA) is 78.8 Å². The molecule has 0 radical (unpaired) electrons. The smallest absolute Gasteiger partial charge is 0.259 e. The summed E-state index contributed by atoms with van der Waals surface area (Å²) in [7, 11) is 0. The predicted molar refractivity (Wildman–Crippen MR) is 113 cm³/mol. The molecule has 4 rings (SSSR count). The van der Waals surface area contributed by atoms with E-state index in [4.69, 9.17) is 4.74 Å². The fourth-order valence-electron chi connectivity index (χ4n) is 3.03. The first kappa shape index (κ1) is 18.4. The van der Waals surface area contributed by atoms with Crippen molar-refractivity contribution in [3.63, 3.8) is 0 Å². The molecule has 0 heterocycles. The van der Waals surface area contributed by atoms with Gasteiger partial charge in [0, 0.05) is 11.1 Å². The molecule has 0 aliphatic carbocycles. The Morgan fingerprint density at radius 1 is 0.828 bits per heavy atom. The van der Waals surface area contributed by atoms with Gasteiger partial charge in [-0.05, 0) is 66.9 Å². The molecule has 0 atom stereocenters. The molecule has 144 valence electrons. The van der Waals surface area contributed by atoms with Gasteiger partial charge in [-0.1, -0.05) is 29.8 Å². The van der Waals surface area contributed by atoms with Gasteiger partial charge in [0.15, 0.2) is 0 Å². The van der Waals surface area contributed by atoms with Crippen molar-refractivity contribution in [3.8, 4) is 23.0 Å². The third-order valence-electron chi connectivity index (χ3n) is 4.59. The first-order valence-electron chi connectivity index (χ1n) is 9.10. The van der Waals surface area contributed by atoms with Gasteiger partial charge in [0.1, 0.15) is 23.0 Å². The number of aromatic hydroxyl groups is 2. The van der Waals surface area contributed by atoms with Crippen LogP contribution in [0.1, 0.15) is 15.9 Å². The number of anilines is 1. The Bertz CT molecular complexity index is 1180. The van der Waals surface area contributed by atoms with Crippen LogP contribution in [0.4, 0.5) is 5.69 Å². The highest BCUT2D eigenvalue weighted by molar-refractivity contribution is 6.09. The van der Waals surface area contributed by atoms with E-state index in [2.05, 4.69) is 5.32 Å². The fraction of sp³-hybridized carbons (Fsp3) is 0.0417. The van der Waals surface area contributed by atoms with Crippen LogP contribution in [0, 0.1) is 6.92 Å². The van der Waals surface area contributed by atoms with E-state index in [1.165, 1.54) is 12.1 Å². The summed E-state index contributed by atoms with van der Waals surface area (Å²) in [6, 6.07) is 22.6. The summed E-state index contributed by atoms with van der Waals surface area (Å²) >= 11 is 0. The number of hydrogen-bond donors (Lipinski definition) is 3. The Morgan fingerprint density at radius 3 is 2.17 bits per heavy atom. The van der Waals surface area contributed by atoms with Crippen molar-refractivity contribution in [2.24, 2.45) is 0 Å². The highest BCUT2D eigenvalue weighted by atomic mass is 16.5. The standard InChI is InChI=1S/C24H19NO4/c1-15-5-9-18(10-6-15)29-19-11-7-17(8-12-19)25-24(28)21-13-16-3-2-4-22(26)20(16)14-23(21)27/h2-14,26-27H,1H3,(H,25,28). The lowest BCUT2D eigenvalue weighted by Gasteiger charge is -2.10. The number of ether oxygens (including phenoxy) is 1. The largest absolute Gasteiger partial charge is 0.507 e. The van der Waals surface area contributed by atoms with Crippen molar-refractivity contribution in [1.82, 2.24) is 0 Å². The van der Waals surface area contributed by atoms with Crippen molar-refractivity contribution in [3.05, 3.63) is 90.0 Å². The maximum atomic E-state index is 12.6. The molecule has 0 aromatic heterocycles. The normalized spacial score (nSPS) is 10.7. The number of phenolic OH excluding ortho intramolecular Hbond substituents is 2. The number of aryl methyl sites for hydroxylation is 1. The molecule has 4 aromatic carbocycles. The maximum absolute atomic E-state index is 12.6. The number of carbonyl (C=O) groups is 1. The van der Waals surface area contributed by atoms with Crippen LogP contribution in [0.15, 0.2) is 78.9 Å². The Morgan fingerprint density at radius 2 is 1.48 bits per heavy atom. The molecule has 4 aromatic rings. The van der Waals surface area contributed by atoms with Crippen molar-refractivity contribution >= 4 is 22.4 Å². The van der Waals surface area contributed by atoms with Crippen molar-refractivity contribution < 1.29 is 19.7 Å². The van der Waals surface area contributed by atoms with E-state index in [1.807, 2.05) is 31.2 Å². The fourth-order valence-corrected chi connectivity index (χ4v) is 3.03. The summed E-state index contributed by atoms with van der Waals surface area (Å²) in [5, 5.41) is 24.0. The average molecular weight is 385 g/mol. The van der Waals surface area contributed by atoms with E-state index < -0.39 is 5.91 Å². The van der Waals surface area contributed by atoms with E-state index >= 15 is 0 Å². The number of benzene rings is 4. The molecule has 0 fully saturated rings. The second-order valence-electron chi connectivity index (χ2n) is 6.76. The first-order valence-corrected chi connectivity index (χ1v) is 9.10. The van der Waals surface area contributed by atoms with E-state index in [0.717, 1.165) is 11.3 Å². The minimum Gasteiger partial charge on any atom is -0.507 e. The van der Waals surface area contributed by atoms with Gasteiger partial charge >= 0.3 is 0 Å². The molecule has 29 heavy (non-hydrogen) atoms. The van der Waals surface area contributed by atoms with Gasteiger partial charge in [0.25, 0.3) is 5.91 Å². The van der Waals surface area contributed by atoms with Gasteiger partial charge < -0.3 is 20.3 Å². The molecule has 3 N–H and O–H groups in total. The summed E-state index contributed by atoms with van der Waals surface area (Å²) in [6.45, 7) is 2.01. The summed E-state index contributed by atoms with van der Waals surface area (Å²) in [5.41, 5.74) is 1.85. The molecule has 1 amide bonds. The van der Waals surface area contributed by atoms with Crippen LogP contribution in [-0.2, 0) is 0 Å². The molecule has 5 heteroatoms. The van der Waals surface area contributed by atoms with Crippen molar-refractivity contribution in [2.75, 3.05) is 5.32 Å².